The zero-order valence-corrected chi connectivity index (χ0v) is 15.0. The van der Waals surface area contributed by atoms with Gasteiger partial charge in [-0.25, -0.2) is 14.6 Å². The number of hydrogen-bond acceptors (Lipinski definition) is 4. The second-order valence-electron chi connectivity index (χ2n) is 5.83. The summed E-state index contributed by atoms with van der Waals surface area (Å²) in [6.07, 6.45) is 4.73. The molecule has 0 N–H and O–H groups in total. The molecule has 0 aliphatic heterocycles. The van der Waals surface area contributed by atoms with Gasteiger partial charge >= 0.3 is 0 Å². The van der Waals surface area contributed by atoms with Crippen LogP contribution in [0.2, 0.25) is 10.2 Å². The summed E-state index contributed by atoms with van der Waals surface area (Å²) in [5.74, 6) is 0. The Labute approximate surface area is 158 Å². The summed E-state index contributed by atoms with van der Waals surface area (Å²) in [7, 11) is 0. The van der Waals surface area contributed by atoms with E-state index in [1.807, 2.05) is 24.3 Å². The third kappa shape index (κ3) is 3.34. The van der Waals surface area contributed by atoms with Crippen LogP contribution in [0.4, 0.5) is 0 Å². The highest BCUT2D eigenvalue weighted by Crippen LogP contribution is 2.19. The number of aromatic nitrogens is 5. The van der Waals surface area contributed by atoms with Gasteiger partial charge in [-0.2, -0.15) is 5.10 Å². The van der Waals surface area contributed by atoms with Crippen molar-refractivity contribution in [3.05, 3.63) is 86.8 Å². The van der Waals surface area contributed by atoms with Crippen molar-refractivity contribution in [1.29, 1.82) is 0 Å². The van der Waals surface area contributed by atoms with Gasteiger partial charge in [0.2, 0.25) is 0 Å². The maximum absolute atomic E-state index is 11.9. The van der Waals surface area contributed by atoms with Crippen molar-refractivity contribution in [3.63, 3.8) is 0 Å². The highest BCUT2D eigenvalue weighted by Gasteiger charge is 2.08. The lowest BCUT2D eigenvalue weighted by molar-refractivity contribution is 0.702. The van der Waals surface area contributed by atoms with Crippen molar-refractivity contribution in [2.24, 2.45) is 0 Å². The Morgan fingerprint density at radius 3 is 2.42 bits per heavy atom. The summed E-state index contributed by atoms with van der Waals surface area (Å²) in [5, 5.41) is 5.99. The van der Waals surface area contributed by atoms with Crippen molar-refractivity contribution in [1.82, 2.24) is 24.3 Å². The Kier molecular flexibility index (Phi) is 4.44. The number of nitrogens with zero attached hydrogens (tertiary/aromatic N) is 5. The third-order valence-corrected chi connectivity index (χ3v) is 4.57. The SMILES string of the molecule is O=c1ccc(Cl)cn1Cc1ccc(Cn2ncc3c(Cl)ncnc32)cc1. The standard InChI is InChI=1S/C18H13Cl2N5O/c19-14-5-6-16(26)24(10-14)8-12-1-3-13(4-2-12)9-25-18-15(7-23-25)17(20)21-11-22-18/h1-7,10-11H,8-9H2. The van der Waals surface area contributed by atoms with Crippen LogP contribution in [0.25, 0.3) is 11.0 Å². The predicted molar refractivity (Wildman–Crippen MR) is 101 cm³/mol. The molecule has 26 heavy (non-hydrogen) atoms. The van der Waals surface area contributed by atoms with E-state index in [9.17, 15) is 4.79 Å². The van der Waals surface area contributed by atoms with E-state index in [1.165, 1.54) is 12.4 Å². The molecule has 0 atom stereocenters. The lowest BCUT2D eigenvalue weighted by Gasteiger charge is -2.08. The van der Waals surface area contributed by atoms with Gasteiger partial charge in [0.25, 0.3) is 5.56 Å². The van der Waals surface area contributed by atoms with E-state index in [0.717, 1.165) is 16.5 Å². The molecule has 0 bridgehead atoms. The van der Waals surface area contributed by atoms with Crippen LogP contribution in [-0.2, 0) is 13.1 Å². The Bertz CT molecular complexity index is 1130. The van der Waals surface area contributed by atoms with Crippen LogP contribution >= 0.6 is 23.2 Å². The molecule has 0 radical (unpaired) electrons. The fourth-order valence-electron chi connectivity index (χ4n) is 2.73. The van der Waals surface area contributed by atoms with Crippen LogP contribution in [0.5, 0.6) is 0 Å². The van der Waals surface area contributed by atoms with Crippen LogP contribution in [0, 0.1) is 0 Å². The average Bonchev–Trinajstić information content (AvgIpc) is 3.04. The smallest absolute Gasteiger partial charge is 0.250 e. The fraction of sp³-hybridized carbons (Fsp3) is 0.111. The van der Waals surface area contributed by atoms with E-state index in [-0.39, 0.29) is 5.56 Å². The number of benzene rings is 1. The van der Waals surface area contributed by atoms with Crippen LogP contribution in [0.15, 0.2) is 59.9 Å². The van der Waals surface area contributed by atoms with Crippen LogP contribution < -0.4 is 5.56 Å². The quantitative estimate of drug-likeness (QED) is 0.505. The summed E-state index contributed by atoms with van der Waals surface area (Å²) < 4.78 is 3.36. The number of rotatable bonds is 4. The van der Waals surface area contributed by atoms with Gasteiger partial charge in [0.05, 0.1) is 29.7 Å². The molecule has 0 unspecified atom stereocenters. The van der Waals surface area contributed by atoms with Gasteiger partial charge in [-0.05, 0) is 17.2 Å². The molecular formula is C18H13Cl2N5O. The summed E-state index contributed by atoms with van der Waals surface area (Å²) >= 11 is 12.0. The lowest BCUT2D eigenvalue weighted by Crippen LogP contribution is -2.18. The molecule has 3 heterocycles. The van der Waals surface area contributed by atoms with Gasteiger partial charge in [-0.1, -0.05) is 47.5 Å². The largest absolute Gasteiger partial charge is 0.310 e. The lowest BCUT2D eigenvalue weighted by atomic mass is 10.1. The van der Waals surface area contributed by atoms with Crippen molar-refractivity contribution >= 4 is 34.2 Å². The zero-order chi connectivity index (χ0) is 18.1. The average molecular weight is 386 g/mol. The Morgan fingerprint density at radius 1 is 0.923 bits per heavy atom. The van der Waals surface area contributed by atoms with Crippen molar-refractivity contribution < 1.29 is 0 Å². The van der Waals surface area contributed by atoms with Crippen LogP contribution in [-0.4, -0.2) is 24.3 Å². The molecule has 1 aromatic carbocycles. The molecule has 0 fully saturated rings. The monoisotopic (exact) mass is 385 g/mol. The molecule has 6 nitrogen and oxygen atoms in total. The predicted octanol–water partition coefficient (Wildman–Crippen LogP) is 3.39. The van der Waals surface area contributed by atoms with Crippen LogP contribution in [0.1, 0.15) is 11.1 Å². The van der Waals surface area contributed by atoms with E-state index in [4.69, 9.17) is 23.2 Å². The first kappa shape index (κ1) is 16.8. The molecule has 0 saturated carbocycles. The number of pyridine rings is 1. The van der Waals surface area contributed by atoms with Crippen molar-refractivity contribution in [2.75, 3.05) is 0 Å². The van der Waals surface area contributed by atoms with E-state index in [2.05, 4.69) is 15.1 Å². The number of halogens is 2. The minimum absolute atomic E-state index is 0.0851. The van der Waals surface area contributed by atoms with E-state index < -0.39 is 0 Å². The second-order valence-corrected chi connectivity index (χ2v) is 6.63. The van der Waals surface area contributed by atoms with Gasteiger partial charge in [0.15, 0.2) is 5.65 Å². The number of hydrogen-bond donors (Lipinski definition) is 0. The normalized spacial score (nSPS) is 11.2. The van der Waals surface area contributed by atoms with Gasteiger partial charge < -0.3 is 4.57 Å². The van der Waals surface area contributed by atoms with Gasteiger partial charge in [0, 0.05) is 12.3 Å². The van der Waals surface area contributed by atoms with Crippen molar-refractivity contribution in [2.45, 2.75) is 13.1 Å². The molecule has 0 aliphatic carbocycles. The molecule has 0 aliphatic rings. The molecule has 4 aromatic rings. The second kappa shape index (κ2) is 6.90. The minimum Gasteiger partial charge on any atom is -0.310 e. The summed E-state index contributed by atoms with van der Waals surface area (Å²) in [5.41, 5.74) is 2.68. The molecular weight excluding hydrogens is 373 g/mol. The highest BCUT2D eigenvalue weighted by atomic mass is 35.5. The zero-order valence-electron chi connectivity index (χ0n) is 13.5. The summed E-state index contributed by atoms with van der Waals surface area (Å²) in [4.78, 5) is 20.1. The Balaban J connectivity index is 1.55. The highest BCUT2D eigenvalue weighted by molar-refractivity contribution is 6.33. The minimum atomic E-state index is -0.0851. The van der Waals surface area contributed by atoms with Gasteiger partial charge in [-0.3, -0.25) is 4.79 Å². The Hall–Kier alpha value is -2.70. The Morgan fingerprint density at radius 2 is 1.65 bits per heavy atom. The maximum atomic E-state index is 11.9. The molecule has 8 heteroatoms. The first-order valence-corrected chi connectivity index (χ1v) is 8.61. The van der Waals surface area contributed by atoms with E-state index >= 15 is 0 Å². The maximum Gasteiger partial charge on any atom is 0.250 e. The summed E-state index contributed by atoms with van der Waals surface area (Å²) in [6.45, 7) is 1.03. The molecule has 0 amide bonds. The fourth-order valence-corrected chi connectivity index (χ4v) is 3.08. The van der Waals surface area contributed by atoms with E-state index in [1.54, 1.807) is 27.7 Å². The molecule has 0 spiro atoms. The van der Waals surface area contributed by atoms with Crippen LogP contribution in [0.3, 0.4) is 0 Å². The third-order valence-electron chi connectivity index (χ3n) is 4.04. The molecule has 3 aromatic heterocycles. The summed E-state index contributed by atoms with van der Waals surface area (Å²) in [6, 6.07) is 11.0. The first-order valence-electron chi connectivity index (χ1n) is 7.86. The number of fused-ring (bicyclic) bond motifs is 1. The molecule has 130 valence electrons. The molecule has 0 saturated heterocycles. The van der Waals surface area contributed by atoms with Crippen molar-refractivity contribution in [3.8, 4) is 0 Å². The van der Waals surface area contributed by atoms with Gasteiger partial charge in [0.1, 0.15) is 11.5 Å². The topological polar surface area (TPSA) is 65.6 Å². The molecule has 4 rings (SSSR count). The van der Waals surface area contributed by atoms with E-state index in [0.29, 0.717) is 28.9 Å². The first-order chi connectivity index (χ1) is 12.6. The van der Waals surface area contributed by atoms with Gasteiger partial charge in [-0.15, -0.1) is 0 Å².